The van der Waals surface area contributed by atoms with Crippen LogP contribution < -0.4 is 0 Å². The molecule has 2 aromatic rings. The molecule has 4 rings (SSSR count). The van der Waals surface area contributed by atoms with Gasteiger partial charge in [0, 0.05) is 19.0 Å². The highest BCUT2D eigenvalue weighted by molar-refractivity contribution is 7.90. The predicted molar refractivity (Wildman–Crippen MR) is 78.5 cm³/mol. The lowest BCUT2D eigenvalue weighted by molar-refractivity contribution is 0.415. The smallest absolute Gasteiger partial charge is 0.267 e. The van der Waals surface area contributed by atoms with Crippen LogP contribution in [-0.2, 0) is 10.0 Å². The fourth-order valence-electron chi connectivity index (χ4n) is 2.65. The van der Waals surface area contributed by atoms with Crippen molar-refractivity contribution in [3.63, 3.8) is 0 Å². The predicted octanol–water partition coefficient (Wildman–Crippen LogP) is 2.08. The monoisotopic (exact) mass is 325 g/mol. The van der Waals surface area contributed by atoms with Gasteiger partial charge in [0.1, 0.15) is 0 Å². The molecule has 1 saturated carbocycles. The Bertz CT molecular complexity index is 735. The van der Waals surface area contributed by atoms with Crippen LogP contribution in [0.1, 0.15) is 31.0 Å². The number of sulfonamides is 1. The van der Waals surface area contributed by atoms with Crippen molar-refractivity contribution in [2.45, 2.75) is 30.4 Å². The third kappa shape index (κ3) is 2.41. The van der Waals surface area contributed by atoms with Gasteiger partial charge in [0.2, 0.25) is 10.0 Å². The summed E-state index contributed by atoms with van der Waals surface area (Å²) in [6.07, 6.45) is 2.36. The van der Waals surface area contributed by atoms with E-state index in [0.29, 0.717) is 24.8 Å². The van der Waals surface area contributed by atoms with Crippen molar-refractivity contribution >= 4 is 21.4 Å². The molecule has 2 aromatic heterocycles. The minimum atomic E-state index is -3.09. The van der Waals surface area contributed by atoms with E-state index < -0.39 is 10.0 Å². The first-order chi connectivity index (χ1) is 10.1. The van der Waals surface area contributed by atoms with Crippen molar-refractivity contribution in [1.82, 2.24) is 14.4 Å². The normalized spacial score (nSPS) is 23.7. The molecule has 2 aliphatic rings. The number of aromatic nitrogens is 2. The molecule has 0 N–H and O–H groups in total. The van der Waals surface area contributed by atoms with Crippen molar-refractivity contribution < 1.29 is 12.9 Å². The van der Waals surface area contributed by atoms with Crippen molar-refractivity contribution in [3.8, 4) is 10.8 Å². The summed E-state index contributed by atoms with van der Waals surface area (Å²) in [5.41, 5.74) is 0. The standard InChI is InChI=1S/C13H15N3O3S2/c17-21(18,10-3-4-10)16-6-5-9(8-16)12-14-13(19-15-12)11-2-1-7-20-11/h1-2,7,9-10H,3-6,8H2. The second-order valence-electron chi connectivity index (χ2n) is 5.52. The maximum absolute atomic E-state index is 12.2. The van der Waals surface area contributed by atoms with Crippen LogP contribution in [0.5, 0.6) is 0 Å². The lowest BCUT2D eigenvalue weighted by Crippen LogP contribution is -2.31. The first-order valence-corrected chi connectivity index (χ1v) is 9.39. The summed E-state index contributed by atoms with van der Waals surface area (Å²) < 4.78 is 31.3. The lowest BCUT2D eigenvalue weighted by atomic mass is 10.1. The maximum atomic E-state index is 12.2. The first kappa shape index (κ1) is 13.4. The molecule has 0 spiro atoms. The largest absolute Gasteiger partial charge is 0.333 e. The molecular weight excluding hydrogens is 310 g/mol. The molecule has 1 aliphatic heterocycles. The molecule has 1 aliphatic carbocycles. The number of hydrogen-bond acceptors (Lipinski definition) is 6. The van der Waals surface area contributed by atoms with Gasteiger partial charge < -0.3 is 4.52 Å². The van der Waals surface area contributed by atoms with E-state index in [1.807, 2.05) is 17.5 Å². The molecule has 112 valence electrons. The number of rotatable bonds is 4. The van der Waals surface area contributed by atoms with E-state index in [2.05, 4.69) is 10.1 Å². The third-order valence-corrected chi connectivity index (χ3v) is 7.22. The molecule has 0 bridgehead atoms. The van der Waals surface area contributed by atoms with E-state index in [-0.39, 0.29) is 11.2 Å². The van der Waals surface area contributed by atoms with Crippen molar-refractivity contribution in [2.75, 3.05) is 13.1 Å². The van der Waals surface area contributed by atoms with Crippen LogP contribution >= 0.6 is 11.3 Å². The van der Waals surface area contributed by atoms with Gasteiger partial charge in [0.15, 0.2) is 5.82 Å². The lowest BCUT2D eigenvalue weighted by Gasteiger charge is -2.15. The van der Waals surface area contributed by atoms with Gasteiger partial charge >= 0.3 is 0 Å². The van der Waals surface area contributed by atoms with Crippen molar-refractivity contribution in [2.24, 2.45) is 0 Å². The fourth-order valence-corrected chi connectivity index (χ4v) is 5.19. The summed E-state index contributed by atoms with van der Waals surface area (Å²) >= 11 is 1.55. The fraction of sp³-hybridized carbons (Fsp3) is 0.538. The second-order valence-corrected chi connectivity index (χ2v) is 8.68. The van der Waals surface area contributed by atoms with Crippen LogP contribution in [0.4, 0.5) is 0 Å². The molecule has 2 fully saturated rings. The van der Waals surface area contributed by atoms with E-state index in [1.54, 1.807) is 15.6 Å². The Kier molecular flexibility index (Phi) is 3.13. The van der Waals surface area contributed by atoms with Gasteiger partial charge in [-0.05, 0) is 30.7 Å². The zero-order valence-corrected chi connectivity index (χ0v) is 12.9. The van der Waals surface area contributed by atoms with Crippen LogP contribution in [-0.4, -0.2) is 41.2 Å². The van der Waals surface area contributed by atoms with Gasteiger partial charge in [0.05, 0.1) is 10.1 Å². The molecule has 1 unspecified atom stereocenters. The highest BCUT2D eigenvalue weighted by Crippen LogP contribution is 2.36. The summed E-state index contributed by atoms with van der Waals surface area (Å²) in [7, 11) is -3.09. The minimum Gasteiger partial charge on any atom is -0.333 e. The van der Waals surface area contributed by atoms with E-state index in [1.165, 1.54) is 0 Å². The SMILES string of the molecule is O=S(=O)(C1CC1)N1CCC(c2noc(-c3cccs3)n2)C1. The van der Waals surface area contributed by atoms with Gasteiger partial charge in [-0.15, -0.1) is 11.3 Å². The average Bonchev–Trinajstić information content (AvgIpc) is 2.93. The van der Waals surface area contributed by atoms with Gasteiger partial charge in [-0.25, -0.2) is 12.7 Å². The number of nitrogens with zero attached hydrogens (tertiary/aromatic N) is 3. The summed E-state index contributed by atoms with van der Waals surface area (Å²) in [4.78, 5) is 5.36. The molecule has 1 saturated heterocycles. The van der Waals surface area contributed by atoms with Gasteiger partial charge in [-0.3, -0.25) is 0 Å². The van der Waals surface area contributed by atoms with E-state index in [0.717, 1.165) is 24.1 Å². The molecule has 6 nitrogen and oxygen atoms in total. The summed E-state index contributed by atoms with van der Waals surface area (Å²) in [5.74, 6) is 1.17. The Labute approximate surface area is 126 Å². The molecule has 1 atom stereocenters. The number of hydrogen-bond donors (Lipinski definition) is 0. The Morgan fingerprint density at radius 1 is 1.33 bits per heavy atom. The van der Waals surface area contributed by atoms with Crippen LogP contribution in [0.15, 0.2) is 22.0 Å². The average molecular weight is 325 g/mol. The highest BCUT2D eigenvalue weighted by atomic mass is 32.2. The summed E-state index contributed by atoms with van der Waals surface area (Å²) in [6, 6.07) is 3.86. The number of thiophene rings is 1. The van der Waals surface area contributed by atoms with E-state index in [4.69, 9.17) is 4.52 Å². The molecule has 0 amide bonds. The summed E-state index contributed by atoms with van der Waals surface area (Å²) in [5, 5.41) is 5.84. The maximum Gasteiger partial charge on any atom is 0.267 e. The Hall–Kier alpha value is -1.25. The van der Waals surface area contributed by atoms with Crippen molar-refractivity contribution in [3.05, 3.63) is 23.3 Å². The van der Waals surface area contributed by atoms with Gasteiger partial charge in [0.25, 0.3) is 5.89 Å². The molecule has 0 radical (unpaired) electrons. The molecule has 3 heterocycles. The molecular formula is C13H15N3O3S2. The Morgan fingerprint density at radius 2 is 2.19 bits per heavy atom. The third-order valence-electron chi connectivity index (χ3n) is 4.00. The van der Waals surface area contributed by atoms with Gasteiger partial charge in [-0.2, -0.15) is 4.98 Å². The van der Waals surface area contributed by atoms with E-state index >= 15 is 0 Å². The van der Waals surface area contributed by atoms with Crippen LogP contribution in [0.2, 0.25) is 0 Å². The Morgan fingerprint density at radius 3 is 2.90 bits per heavy atom. The van der Waals surface area contributed by atoms with Crippen molar-refractivity contribution in [1.29, 1.82) is 0 Å². The zero-order chi connectivity index (χ0) is 14.4. The molecule has 0 aromatic carbocycles. The highest BCUT2D eigenvalue weighted by Gasteiger charge is 2.43. The molecule has 21 heavy (non-hydrogen) atoms. The minimum absolute atomic E-state index is 0.0380. The van der Waals surface area contributed by atoms with Gasteiger partial charge in [-0.1, -0.05) is 11.2 Å². The quantitative estimate of drug-likeness (QED) is 0.860. The Balaban J connectivity index is 1.51. The van der Waals surface area contributed by atoms with E-state index in [9.17, 15) is 8.42 Å². The first-order valence-electron chi connectivity index (χ1n) is 7.01. The van der Waals surface area contributed by atoms with Crippen LogP contribution in [0.25, 0.3) is 10.8 Å². The summed E-state index contributed by atoms with van der Waals surface area (Å²) in [6.45, 7) is 1.04. The van der Waals surface area contributed by atoms with Crippen LogP contribution in [0, 0.1) is 0 Å². The zero-order valence-electron chi connectivity index (χ0n) is 11.3. The van der Waals surface area contributed by atoms with Crippen LogP contribution in [0.3, 0.4) is 0 Å². The second kappa shape index (κ2) is 4.89. The molecule has 8 heteroatoms. The topological polar surface area (TPSA) is 76.3 Å².